The van der Waals surface area contributed by atoms with Gasteiger partial charge in [0.05, 0.1) is 13.1 Å². The molecule has 2 aromatic heterocycles. The van der Waals surface area contributed by atoms with E-state index < -0.39 is 0 Å². The smallest absolute Gasteiger partial charge is 0.137 e. The summed E-state index contributed by atoms with van der Waals surface area (Å²) in [5.41, 5.74) is 6.31. The number of nitrogens with zero attached hydrogens (tertiary/aromatic N) is 3. The third-order valence-corrected chi connectivity index (χ3v) is 2.69. The zero-order chi connectivity index (χ0) is 10.5. The van der Waals surface area contributed by atoms with E-state index in [1.54, 1.807) is 22.3 Å². The van der Waals surface area contributed by atoms with Gasteiger partial charge in [-0.15, -0.1) is 11.3 Å². The number of hydrogen-bond donors (Lipinski definition) is 1. The van der Waals surface area contributed by atoms with Crippen LogP contribution in [0.4, 0.5) is 0 Å². The van der Waals surface area contributed by atoms with E-state index >= 15 is 0 Å². The minimum absolute atomic E-state index is 0.397. The van der Waals surface area contributed by atoms with Crippen LogP contribution in [0.3, 0.4) is 0 Å². The molecule has 0 atom stereocenters. The largest absolute Gasteiger partial charge is 0.320 e. The first-order chi connectivity index (χ1) is 7.38. The second-order valence-electron chi connectivity index (χ2n) is 2.90. The molecular formula is C10H10N4S. The average molecular weight is 218 g/mol. The first-order valence-corrected chi connectivity index (χ1v) is 5.35. The maximum absolute atomic E-state index is 5.30. The lowest BCUT2D eigenvalue weighted by molar-refractivity contribution is 0.692. The topological polar surface area (TPSA) is 56.7 Å². The summed E-state index contributed by atoms with van der Waals surface area (Å²) in [5.74, 6) is 5.82. The SMILES string of the molecule is NCC#Cc1csc(Cn2cncn2)c1. The van der Waals surface area contributed by atoms with E-state index in [0.717, 1.165) is 12.1 Å². The summed E-state index contributed by atoms with van der Waals surface area (Å²) < 4.78 is 1.78. The molecule has 0 saturated carbocycles. The molecule has 0 aromatic carbocycles. The maximum Gasteiger partial charge on any atom is 0.137 e. The van der Waals surface area contributed by atoms with Gasteiger partial charge < -0.3 is 5.73 Å². The lowest BCUT2D eigenvalue weighted by Gasteiger charge is -1.94. The van der Waals surface area contributed by atoms with Crippen LogP contribution in [0.1, 0.15) is 10.4 Å². The molecule has 15 heavy (non-hydrogen) atoms. The van der Waals surface area contributed by atoms with Gasteiger partial charge in [-0.05, 0) is 6.07 Å². The normalized spacial score (nSPS) is 9.67. The Bertz CT molecular complexity index is 475. The summed E-state index contributed by atoms with van der Waals surface area (Å²) in [6, 6.07) is 2.05. The summed E-state index contributed by atoms with van der Waals surface area (Å²) in [4.78, 5) is 5.10. The highest BCUT2D eigenvalue weighted by atomic mass is 32.1. The molecule has 0 unspecified atom stereocenters. The van der Waals surface area contributed by atoms with Crippen LogP contribution in [0.5, 0.6) is 0 Å². The Morgan fingerprint density at radius 3 is 3.20 bits per heavy atom. The number of aromatic nitrogens is 3. The molecule has 2 N–H and O–H groups in total. The van der Waals surface area contributed by atoms with Crippen molar-refractivity contribution >= 4 is 11.3 Å². The molecule has 0 spiro atoms. The van der Waals surface area contributed by atoms with Crippen molar-refractivity contribution in [2.45, 2.75) is 6.54 Å². The second-order valence-corrected chi connectivity index (χ2v) is 3.90. The molecule has 0 fully saturated rings. The van der Waals surface area contributed by atoms with E-state index in [1.807, 2.05) is 5.38 Å². The number of rotatable bonds is 2. The Balaban J connectivity index is 2.07. The lowest BCUT2D eigenvalue weighted by atomic mass is 10.3. The zero-order valence-corrected chi connectivity index (χ0v) is 8.87. The highest BCUT2D eigenvalue weighted by Crippen LogP contribution is 2.14. The van der Waals surface area contributed by atoms with E-state index in [1.165, 1.54) is 11.2 Å². The average Bonchev–Trinajstić information content (AvgIpc) is 2.87. The Morgan fingerprint density at radius 2 is 2.47 bits per heavy atom. The highest BCUT2D eigenvalue weighted by molar-refractivity contribution is 7.10. The zero-order valence-electron chi connectivity index (χ0n) is 8.05. The van der Waals surface area contributed by atoms with Crippen molar-refractivity contribution in [3.63, 3.8) is 0 Å². The Labute approximate surface area is 91.8 Å². The van der Waals surface area contributed by atoms with Gasteiger partial charge >= 0.3 is 0 Å². The van der Waals surface area contributed by atoms with Crippen LogP contribution in [-0.4, -0.2) is 21.3 Å². The van der Waals surface area contributed by atoms with Crippen LogP contribution in [0.2, 0.25) is 0 Å². The Kier molecular flexibility index (Phi) is 3.12. The predicted octanol–water partition coefficient (Wildman–Crippen LogP) is 0.698. The molecule has 4 nitrogen and oxygen atoms in total. The molecule has 76 valence electrons. The van der Waals surface area contributed by atoms with E-state index in [2.05, 4.69) is 28.0 Å². The second kappa shape index (κ2) is 4.73. The molecule has 0 aliphatic heterocycles. The Morgan fingerprint density at radius 1 is 1.53 bits per heavy atom. The van der Waals surface area contributed by atoms with Gasteiger partial charge in [0.15, 0.2) is 0 Å². The van der Waals surface area contributed by atoms with Gasteiger partial charge in [0, 0.05) is 15.8 Å². The monoisotopic (exact) mass is 218 g/mol. The van der Waals surface area contributed by atoms with E-state index in [0.29, 0.717) is 6.54 Å². The minimum atomic E-state index is 0.397. The molecule has 2 heterocycles. The molecule has 0 aliphatic rings. The molecule has 0 radical (unpaired) electrons. The fourth-order valence-electron chi connectivity index (χ4n) is 1.16. The summed E-state index contributed by atoms with van der Waals surface area (Å²) in [7, 11) is 0. The van der Waals surface area contributed by atoms with Crippen molar-refractivity contribution in [1.82, 2.24) is 14.8 Å². The van der Waals surface area contributed by atoms with E-state index in [-0.39, 0.29) is 0 Å². The fraction of sp³-hybridized carbons (Fsp3) is 0.200. The summed E-state index contributed by atoms with van der Waals surface area (Å²) in [6.07, 6.45) is 3.23. The molecule has 0 amide bonds. The third kappa shape index (κ3) is 2.65. The molecule has 2 aromatic rings. The fourth-order valence-corrected chi connectivity index (χ4v) is 1.96. The van der Waals surface area contributed by atoms with E-state index in [4.69, 9.17) is 5.73 Å². The minimum Gasteiger partial charge on any atom is -0.320 e. The van der Waals surface area contributed by atoms with Crippen molar-refractivity contribution < 1.29 is 0 Å². The predicted molar refractivity (Wildman–Crippen MR) is 59.4 cm³/mol. The molecular weight excluding hydrogens is 208 g/mol. The Hall–Kier alpha value is -1.64. The first-order valence-electron chi connectivity index (χ1n) is 4.47. The standard InChI is InChI=1S/C10H10N4S/c11-3-1-2-9-4-10(15-6-9)5-14-8-12-7-13-14/h4,6-8H,3,5,11H2. The van der Waals surface area contributed by atoms with Gasteiger partial charge in [0.2, 0.25) is 0 Å². The van der Waals surface area contributed by atoms with Crippen LogP contribution >= 0.6 is 11.3 Å². The summed E-state index contributed by atoms with van der Waals surface area (Å²) in [6.45, 7) is 1.14. The lowest BCUT2D eigenvalue weighted by Crippen LogP contribution is -1.97. The molecule has 0 saturated heterocycles. The van der Waals surface area contributed by atoms with Crippen LogP contribution in [-0.2, 0) is 6.54 Å². The molecule has 0 aliphatic carbocycles. The van der Waals surface area contributed by atoms with E-state index in [9.17, 15) is 0 Å². The van der Waals surface area contributed by atoms with Gasteiger partial charge in [0.1, 0.15) is 12.7 Å². The van der Waals surface area contributed by atoms with Crippen LogP contribution in [0.15, 0.2) is 24.1 Å². The molecule has 5 heteroatoms. The maximum atomic E-state index is 5.30. The molecule has 2 rings (SSSR count). The van der Waals surface area contributed by atoms with Crippen LogP contribution in [0.25, 0.3) is 0 Å². The number of thiophene rings is 1. The summed E-state index contributed by atoms with van der Waals surface area (Å²) in [5, 5.41) is 6.06. The summed E-state index contributed by atoms with van der Waals surface area (Å²) >= 11 is 1.67. The van der Waals surface area contributed by atoms with Crippen molar-refractivity contribution in [3.05, 3.63) is 34.5 Å². The van der Waals surface area contributed by atoms with Gasteiger partial charge in [0.25, 0.3) is 0 Å². The van der Waals surface area contributed by atoms with Crippen molar-refractivity contribution in [1.29, 1.82) is 0 Å². The van der Waals surface area contributed by atoms with Crippen molar-refractivity contribution in [2.24, 2.45) is 5.73 Å². The van der Waals surface area contributed by atoms with Gasteiger partial charge in [-0.3, -0.25) is 0 Å². The van der Waals surface area contributed by atoms with Gasteiger partial charge in [-0.1, -0.05) is 11.8 Å². The van der Waals surface area contributed by atoms with Gasteiger partial charge in [-0.25, -0.2) is 9.67 Å². The number of nitrogens with two attached hydrogens (primary N) is 1. The quantitative estimate of drug-likeness (QED) is 0.755. The van der Waals surface area contributed by atoms with Crippen molar-refractivity contribution in [3.8, 4) is 11.8 Å². The van der Waals surface area contributed by atoms with Crippen molar-refractivity contribution in [2.75, 3.05) is 6.54 Å². The van der Waals surface area contributed by atoms with Crippen LogP contribution in [0, 0.1) is 11.8 Å². The van der Waals surface area contributed by atoms with Gasteiger partial charge in [-0.2, -0.15) is 5.10 Å². The van der Waals surface area contributed by atoms with Crippen LogP contribution < -0.4 is 5.73 Å². The molecule has 0 bridgehead atoms. The highest BCUT2D eigenvalue weighted by Gasteiger charge is 1.99. The third-order valence-electron chi connectivity index (χ3n) is 1.77. The first kappa shape index (κ1) is 9.90. The number of hydrogen-bond acceptors (Lipinski definition) is 4.